The summed E-state index contributed by atoms with van der Waals surface area (Å²) in [6, 6.07) is 0. The van der Waals surface area contributed by atoms with Crippen LogP contribution >= 0.6 is 0 Å². The Balaban J connectivity index is 2.88. The van der Waals surface area contributed by atoms with E-state index in [1.54, 1.807) is 0 Å². The molecule has 0 aliphatic carbocycles. The Labute approximate surface area is 120 Å². The van der Waals surface area contributed by atoms with Crippen LogP contribution in [0.25, 0.3) is 0 Å². The zero-order valence-corrected chi connectivity index (χ0v) is 13.0. The van der Waals surface area contributed by atoms with E-state index in [1.807, 2.05) is 0 Å². The number of likely N-dealkylation sites (N-methyl/N-ethyl adjacent to an activating group) is 1. The van der Waals surface area contributed by atoms with Gasteiger partial charge in [-0.3, -0.25) is 0 Å². The number of nitrogens with two attached hydrogens (primary N) is 1. The molecule has 0 saturated heterocycles. The number of nitrogens with one attached hydrogen (secondary N) is 3. The van der Waals surface area contributed by atoms with Crippen LogP contribution in [0.15, 0.2) is 0 Å². The minimum absolute atomic E-state index is 0.854. The van der Waals surface area contributed by atoms with Crippen LogP contribution in [0.2, 0.25) is 0 Å². The minimum Gasteiger partial charge on any atom is -0.330 e. The average molecular weight is 272 g/mol. The standard InChI is InChI=1S/C15H36N4/c1-2-17-12-13-19-15-14-18-11-9-7-5-3-4-6-8-10-16/h17-19H,2-16H2,1H3. The number of hydrogen-bond acceptors (Lipinski definition) is 4. The molecular weight excluding hydrogens is 236 g/mol. The summed E-state index contributed by atoms with van der Waals surface area (Å²) >= 11 is 0. The van der Waals surface area contributed by atoms with E-state index in [2.05, 4.69) is 22.9 Å². The van der Waals surface area contributed by atoms with Crippen molar-refractivity contribution in [1.82, 2.24) is 16.0 Å². The van der Waals surface area contributed by atoms with Crippen LogP contribution in [0, 0.1) is 0 Å². The summed E-state index contributed by atoms with van der Waals surface area (Å²) in [6.07, 6.45) is 9.31. The quantitative estimate of drug-likeness (QED) is 0.321. The Morgan fingerprint density at radius 3 is 1.63 bits per heavy atom. The second kappa shape index (κ2) is 17.8. The Hall–Kier alpha value is -0.160. The van der Waals surface area contributed by atoms with Gasteiger partial charge in [-0.2, -0.15) is 0 Å². The van der Waals surface area contributed by atoms with Crippen LogP contribution in [0.5, 0.6) is 0 Å². The summed E-state index contributed by atoms with van der Waals surface area (Å²) in [7, 11) is 0. The highest BCUT2D eigenvalue weighted by molar-refractivity contribution is 4.55. The van der Waals surface area contributed by atoms with Crippen LogP contribution in [0.4, 0.5) is 0 Å². The van der Waals surface area contributed by atoms with E-state index in [0.29, 0.717) is 0 Å². The number of hydrogen-bond donors (Lipinski definition) is 4. The van der Waals surface area contributed by atoms with E-state index in [4.69, 9.17) is 5.73 Å². The summed E-state index contributed by atoms with van der Waals surface area (Å²) in [6.45, 7) is 9.52. The molecule has 0 amide bonds. The van der Waals surface area contributed by atoms with Gasteiger partial charge in [0.2, 0.25) is 0 Å². The molecule has 5 N–H and O–H groups in total. The van der Waals surface area contributed by atoms with Gasteiger partial charge in [0.1, 0.15) is 0 Å². The fraction of sp³-hybridized carbons (Fsp3) is 1.00. The molecule has 0 spiro atoms. The van der Waals surface area contributed by atoms with Gasteiger partial charge in [0.05, 0.1) is 0 Å². The monoisotopic (exact) mass is 272 g/mol. The summed E-state index contributed by atoms with van der Waals surface area (Å²) in [4.78, 5) is 0. The van der Waals surface area contributed by atoms with Gasteiger partial charge in [0, 0.05) is 26.2 Å². The molecule has 0 aromatic carbocycles. The lowest BCUT2D eigenvalue weighted by atomic mass is 10.1. The van der Waals surface area contributed by atoms with Gasteiger partial charge >= 0.3 is 0 Å². The van der Waals surface area contributed by atoms with E-state index in [1.165, 1.54) is 44.9 Å². The lowest BCUT2D eigenvalue weighted by Gasteiger charge is -2.07. The third kappa shape index (κ3) is 17.8. The summed E-state index contributed by atoms with van der Waals surface area (Å²) in [5.41, 5.74) is 5.47. The zero-order valence-electron chi connectivity index (χ0n) is 13.0. The first kappa shape index (κ1) is 18.8. The molecule has 4 heteroatoms. The second-order valence-corrected chi connectivity index (χ2v) is 5.12. The highest BCUT2D eigenvalue weighted by Gasteiger charge is 1.92. The van der Waals surface area contributed by atoms with Gasteiger partial charge < -0.3 is 21.7 Å². The summed E-state index contributed by atoms with van der Waals surface area (Å²) in [5, 5.41) is 10.2. The van der Waals surface area contributed by atoms with Crippen molar-refractivity contribution in [3.8, 4) is 0 Å². The van der Waals surface area contributed by atoms with E-state index in [9.17, 15) is 0 Å². The lowest BCUT2D eigenvalue weighted by molar-refractivity contribution is 0.545. The Kier molecular flexibility index (Phi) is 17.7. The lowest BCUT2D eigenvalue weighted by Crippen LogP contribution is -2.32. The Bertz CT molecular complexity index is 137. The molecule has 0 bridgehead atoms. The molecule has 19 heavy (non-hydrogen) atoms. The molecule has 0 unspecified atom stereocenters. The molecular formula is C15H36N4. The highest BCUT2D eigenvalue weighted by atomic mass is 15.0. The maximum atomic E-state index is 5.47. The van der Waals surface area contributed by atoms with Crippen molar-refractivity contribution in [3.63, 3.8) is 0 Å². The highest BCUT2D eigenvalue weighted by Crippen LogP contribution is 2.05. The maximum absolute atomic E-state index is 5.47. The fourth-order valence-electron chi connectivity index (χ4n) is 2.06. The molecule has 0 heterocycles. The van der Waals surface area contributed by atoms with Crippen molar-refractivity contribution in [1.29, 1.82) is 0 Å². The average Bonchev–Trinajstić information content (AvgIpc) is 2.43. The number of rotatable bonds is 16. The van der Waals surface area contributed by atoms with Gasteiger partial charge in [-0.15, -0.1) is 0 Å². The van der Waals surface area contributed by atoms with Crippen LogP contribution in [-0.2, 0) is 0 Å². The van der Waals surface area contributed by atoms with E-state index < -0.39 is 0 Å². The normalized spacial score (nSPS) is 11.1. The van der Waals surface area contributed by atoms with Crippen LogP contribution in [0.3, 0.4) is 0 Å². The minimum atomic E-state index is 0.854. The molecule has 0 aliphatic rings. The van der Waals surface area contributed by atoms with Gasteiger partial charge in [-0.25, -0.2) is 0 Å². The predicted octanol–water partition coefficient (Wildman–Crippen LogP) is 1.46. The van der Waals surface area contributed by atoms with Crippen LogP contribution in [-0.4, -0.2) is 45.8 Å². The first-order chi connectivity index (χ1) is 9.41. The van der Waals surface area contributed by atoms with Gasteiger partial charge in [0.15, 0.2) is 0 Å². The zero-order chi connectivity index (χ0) is 14.0. The fourth-order valence-corrected chi connectivity index (χ4v) is 2.06. The van der Waals surface area contributed by atoms with E-state index in [-0.39, 0.29) is 0 Å². The van der Waals surface area contributed by atoms with Crippen molar-refractivity contribution in [2.24, 2.45) is 5.73 Å². The smallest absolute Gasteiger partial charge is 0.00772 e. The molecule has 0 aromatic rings. The summed E-state index contributed by atoms with van der Waals surface area (Å²) < 4.78 is 0. The maximum Gasteiger partial charge on any atom is 0.00772 e. The molecule has 0 atom stereocenters. The third-order valence-electron chi connectivity index (χ3n) is 3.26. The van der Waals surface area contributed by atoms with Crippen molar-refractivity contribution in [2.75, 3.05) is 45.8 Å². The molecule has 0 rings (SSSR count). The van der Waals surface area contributed by atoms with E-state index >= 15 is 0 Å². The second-order valence-electron chi connectivity index (χ2n) is 5.12. The van der Waals surface area contributed by atoms with Crippen molar-refractivity contribution in [2.45, 2.75) is 51.9 Å². The van der Waals surface area contributed by atoms with Gasteiger partial charge in [-0.1, -0.05) is 39.0 Å². The molecule has 116 valence electrons. The SMILES string of the molecule is CCNCCNCCNCCCCCCCCCN. The van der Waals surface area contributed by atoms with Crippen LogP contribution < -0.4 is 21.7 Å². The molecule has 4 nitrogen and oxygen atoms in total. The molecule has 0 saturated carbocycles. The third-order valence-corrected chi connectivity index (χ3v) is 3.26. The Morgan fingerprint density at radius 1 is 0.579 bits per heavy atom. The van der Waals surface area contributed by atoms with Crippen molar-refractivity contribution < 1.29 is 0 Å². The van der Waals surface area contributed by atoms with Crippen molar-refractivity contribution in [3.05, 3.63) is 0 Å². The summed E-state index contributed by atoms with van der Waals surface area (Å²) in [5.74, 6) is 0. The topological polar surface area (TPSA) is 62.1 Å². The largest absolute Gasteiger partial charge is 0.330 e. The molecule has 0 aliphatic heterocycles. The number of unbranched alkanes of at least 4 members (excludes halogenated alkanes) is 6. The molecule has 0 fully saturated rings. The molecule has 0 aromatic heterocycles. The first-order valence-corrected chi connectivity index (χ1v) is 8.24. The van der Waals surface area contributed by atoms with Crippen LogP contribution in [0.1, 0.15) is 51.9 Å². The predicted molar refractivity (Wildman–Crippen MR) is 85.7 cm³/mol. The first-order valence-electron chi connectivity index (χ1n) is 8.24. The van der Waals surface area contributed by atoms with Crippen molar-refractivity contribution >= 4 is 0 Å². The molecule has 0 radical (unpaired) electrons. The van der Waals surface area contributed by atoms with Gasteiger partial charge in [-0.05, 0) is 32.5 Å². The van der Waals surface area contributed by atoms with Gasteiger partial charge in [0.25, 0.3) is 0 Å². The van der Waals surface area contributed by atoms with E-state index in [0.717, 1.165) is 45.8 Å². The Morgan fingerprint density at radius 2 is 1.05 bits per heavy atom.